The molecule has 1 aromatic carbocycles. The number of aromatic nitrogens is 3. The maximum Gasteiger partial charge on any atom is 0.418 e. The summed E-state index contributed by atoms with van der Waals surface area (Å²) in [5, 5.41) is 20.4. The van der Waals surface area contributed by atoms with E-state index in [0.29, 0.717) is 23.1 Å². The predicted molar refractivity (Wildman–Crippen MR) is 118 cm³/mol. The summed E-state index contributed by atoms with van der Waals surface area (Å²) in [4.78, 5) is 4.25. The van der Waals surface area contributed by atoms with Crippen molar-refractivity contribution in [1.82, 2.24) is 15.2 Å². The third-order valence-corrected chi connectivity index (χ3v) is 5.81. The second-order valence-corrected chi connectivity index (χ2v) is 8.93. The van der Waals surface area contributed by atoms with Gasteiger partial charge in [-0.25, -0.2) is 4.98 Å². The van der Waals surface area contributed by atoms with E-state index in [1.807, 2.05) is 6.07 Å². The summed E-state index contributed by atoms with van der Waals surface area (Å²) in [6, 6.07) is 7.06. The van der Waals surface area contributed by atoms with Crippen LogP contribution >= 0.6 is 0 Å². The van der Waals surface area contributed by atoms with E-state index in [1.165, 1.54) is 12.5 Å². The second-order valence-electron chi connectivity index (χ2n) is 8.93. The normalized spacial score (nSPS) is 16.6. The molecule has 174 valence electrons. The highest BCUT2D eigenvalue weighted by Crippen LogP contribution is 2.46. The Kier molecular flexibility index (Phi) is 6.04. The molecule has 2 saturated carbocycles. The van der Waals surface area contributed by atoms with Gasteiger partial charge in [0.15, 0.2) is 0 Å². The van der Waals surface area contributed by atoms with Crippen LogP contribution in [0.4, 0.5) is 19.2 Å². The number of nitriles is 1. The SMILES string of the molecule is CCC.Cc1cc(-c2nnc(NCC3(C#N)CC3)o2)nc2c(C(F)(F)F)cc(C3CC3)cc12. The summed E-state index contributed by atoms with van der Waals surface area (Å²) < 4.78 is 46.9. The summed E-state index contributed by atoms with van der Waals surface area (Å²) in [6.45, 7) is 6.39. The number of nitrogens with one attached hydrogen (secondary N) is 1. The first-order valence-corrected chi connectivity index (χ1v) is 11.2. The lowest BCUT2D eigenvalue weighted by atomic mass is 9.98. The highest BCUT2D eigenvalue weighted by Gasteiger charge is 2.43. The smallest absolute Gasteiger partial charge is 0.402 e. The van der Waals surface area contributed by atoms with Crippen molar-refractivity contribution in [3.8, 4) is 17.7 Å². The van der Waals surface area contributed by atoms with Crippen molar-refractivity contribution in [3.63, 3.8) is 0 Å². The van der Waals surface area contributed by atoms with Crippen LogP contribution in [0.3, 0.4) is 0 Å². The maximum atomic E-state index is 13.8. The van der Waals surface area contributed by atoms with E-state index in [-0.39, 0.29) is 29.0 Å². The molecule has 2 heterocycles. The Balaban J connectivity index is 0.000000821. The first-order chi connectivity index (χ1) is 15.7. The predicted octanol–water partition coefficient (Wildman–Crippen LogP) is 6.62. The molecule has 0 spiro atoms. The van der Waals surface area contributed by atoms with Gasteiger partial charge in [-0.1, -0.05) is 25.4 Å². The molecule has 33 heavy (non-hydrogen) atoms. The van der Waals surface area contributed by atoms with Gasteiger partial charge in [-0.2, -0.15) is 18.4 Å². The van der Waals surface area contributed by atoms with Gasteiger partial charge in [0.05, 0.1) is 22.6 Å². The van der Waals surface area contributed by atoms with Crippen molar-refractivity contribution in [2.24, 2.45) is 5.41 Å². The summed E-state index contributed by atoms with van der Waals surface area (Å²) in [5.41, 5.74) is 0.310. The molecular weight excluding hydrogens is 431 g/mol. The van der Waals surface area contributed by atoms with Gasteiger partial charge in [0.2, 0.25) is 0 Å². The Morgan fingerprint density at radius 1 is 1.18 bits per heavy atom. The van der Waals surface area contributed by atoms with Crippen molar-refractivity contribution in [3.05, 3.63) is 34.9 Å². The average molecular weight is 458 g/mol. The highest BCUT2D eigenvalue weighted by molar-refractivity contribution is 5.88. The second kappa shape index (κ2) is 8.65. The van der Waals surface area contributed by atoms with Gasteiger partial charge < -0.3 is 9.73 Å². The Morgan fingerprint density at radius 3 is 2.45 bits per heavy atom. The van der Waals surface area contributed by atoms with E-state index in [4.69, 9.17) is 9.68 Å². The first-order valence-electron chi connectivity index (χ1n) is 11.2. The lowest BCUT2D eigenvalue weighted by Crippen LogP contribution is -2.13. The fourth-order valence-corrected chi connectivity index (χ4v) is 3.61. The van der Waals surface area contributed by atoms with Crippen molar-refractivity contribution < 1.29 is 17.6 Å². The number of pyridine rings is 1. The van der Waals surface area contributed by atoms with Crippen molar-refractivity contribution in [2.45, 2.75) is 65.0 Å². The van der Waals surface area contributed by atoms with Gasteiger partial charge in [-0.15, -0.1) is 5.10 Å². The highest BCUT2D eigenvalue weighted by atomic mass is 19.4. The van der Waals surface area contributed by atoms with E-state index in [9.17, 15) is 13.2 Å². The topological polar surface area (TPSA) is 87.6 Å². The fourth-order valence-electron chi connectivity index (χ4n) is 3.61. The molecule has 1 N–H and O–H groups in total. The molecule has 0 bridgehead atoms. The Hall–Kier alpha value is -3.15. The lowest BCUT2D eigenvalue weighted by Gasteiger charge is -2.14. The monoisotopic (exact) mass is 457 g/mol. The van der Waals surface area contributed by atoms with Gasteiger partial charge in [-0.3, -0.25) is 0 Å². The van der Waals surface area contributed by atoms with E-state index < -0.39 is 17.2 Å². The van der Waals surface area contributed by atoms with Crippen LogP contribution in [0.15, 0.2) is 22.6 Å². The minimum Gasteiger partial charge on any atom is -0.402 e. The molecule has 0 unspecified atom stereocenters. The molecule has 2 fully saturated rings. The molecule has 5 rings (SSSR count). The zero-order valence-corrected chi connectivity index (χ0v) is 18.9. The van der Waals surface area contributed by atoms with Crippen LogP contribution in [0.25, 0.3) is 22.5 Å². The number of aryl methyl sites for hydroxylation is 1. The Labute approximate surface area is 190 Å². The van der Waals surface area contributed by atoms with Crippen LogP contribution in [-0.4, -0.2) is 21.7 Å². The van der Waals surface area contributed by atoms with Crippen LogP contribution < -0.4 is 5.32 Å². The molecule has 6 nitrogen and oxygen atoms in total. The third-order valence-electron chi connectivity index (χ3n) is 5.81. The zero-order chi connectivity index (χ0) is 23.8. The molecule has 0 atom stereocenters. The number of hydrogen-bond acceptors (Lipinski definition) is 6. The van der Waals surface area contributed by atoms with Gasteiger partial charge in [0.1, 0.15) is 5.69 Å². The van der Waals surface area contributed by atoms with Crippen LogP contribution in [0.2, 0.25) is 0 Å². The quantitative estimate of drug-likeness (QED) is 0.463. The van der Waals surface area contributed by atoms with Crippen molar-refractivity contribution in [1.29, 1.82) is 5.26 Å². The summed E-state index contributed by atoms with van der Waals surface area (Å²) in [6.07, 6.45) is 0.188. The number of rotatable bonds is 5. The van der Waals surface area contributed by atoms with Crippen LogP contribution in [0, 0.1) is 23.7 Å². The number of benzene rings is 1. The van der Waals surface area contributed by atoms with E-state index in [1.54, 1.807) is 13.0 Å². The summed E-state index contributed by atoms with van der Waals surface area (Å²) in [5.74, 6) is 0.228. The van der Waals surface area contributed by atoms with Crippen LogP contribution in [0.1, 0.15) is 68.6 Å². The minimum atomic E-state index is -4.52. The summed E-state index contributed by atoms with van der Waals surface area (Å²) in [7, 11) is 0. The number of hydrogen-bond donors (Lipinski definition) is 1. The van der Waals surface area contributed by atoms with E-state index >= 15 is 0 Å². The largest absolute Gasteiger partial charge is 0.418 e. The molecule has 2 aliphatic carbocycles. The molecule has 0 radical (unpaired) electrons. The molecule has 0 aliphatic heterocycles. The van der Waals surface area contributed by atoms with Gasteiger partial charge in [0.25, 0.3) is 5.89 Å². The number of halogens is 3. The van der Waals surface area contributed by atoms with Crippen molar-refractivity contribution in [2.75, 3.05) is 11.9 Å². The number of fused-ring (bicyclic) bond motifs is 1. The molecule has 2 aliphatic rings. The molecule has 0 amide bonds. The van der Waals surface area contributed by atoms with E-state index in [0.717, 1.165) is 25.7 Å². The van der Waals surface area contributed by atoms with E-state index in [2.05, 4.69) is 40.4 Å². The lowest BCUT2D eigenvalue weighted by molar-refractivity contribution is -0.136. The van der Waals surface area contributed by atoms with Gasteiger partial charge in [-0.05, 0) is 67.9 Å². The number of nitrogens with zero attached hydrogens (tertiary/aromatic N) is 4. The molecule has 9 heteroatoms. The Bertz CT molecular complexity index is 1200. The maximum absolute atomic E-state index is 13.8. The van der Waals surface area contributed by atoms with Gasteiger partial charge >= 0.3 is 12.2 Å². The number of alkyl halides is 3. The molecule has 3 aromatic rings. The standard InChI is InChI=1S/C21H18F3N5O.C3H8/c1-11-6-16(18-28-29-19(30-18)26-10-20(9-25)4-5-20)27-17-14(11)7-13(12-2-3-12)8-15(17)21(22,23)24;1-3-2/h6-8,12H,2-5,10H2,1H3,(H,26,29);3H2,1-2H3. The fraction of sp³-hybridized carbons (Fsp3) is 0.500. The van der Waals surface area contributed by atoms with Crippen molar-refractivity contribution >= 4 is 16.9 Å². The molecule has 2 aromatic heterocycles. The molecular formula is C24H26F3N5O. The first kappa shape index (κ1) is 23.0. The third kappa shape index (κ3) is 4.95. The van der Waals surface area contributed by atoms with Crippen LogP contribution in [0.5, 0.6) is 0 Å². The zero-order valence-electron chi connectivity index (χ0n) is 18.9. The summed E-state index contributed by atoms with van der Waals surface area (Å²) >= 11 is 0. The van der Waals surface area contributed by atoms with Crippen LogP contribution in [-0.2, 0) is 6.18 Å². The Morgan fingerprint density at radius 2 is 1.88 bits per heavy atom. The minimum absolute atomic E-state index is 0.0312. The average Bonchev–Trinajstić information content (AvgIpc) is 3.70. The number of anilines is 1. The molecule has 0 saturated heterocycles. The van der Waals surface area contributed by atoms with Gasteiger partial charge in [0, 0.05) is 11.9 Å².